The van der Waals surface area contributed by atoms with E-state index in [2.05, 4.69) is 21.2 Å². The van der Waals surface area contributed by atoms with Crippen molar-refractivity contribution in [3.05, 3.63) is 34.3 Å². The predicted octanol–water partition coefficient (Wildman–Crippen LogP) is 1.37. The zero-order valence-electron chi connectivity index (χ0n) is 8.90. The third-order valence-corrected chi connectivity index (χ3v) is 2.64. The van der Waals surface area contributed by atoms with Crippen molar-refractivity contribution in [2.45, 2.75) is 19.1 Å². The monoisotopic (exact) mass is 287 g/mol. The Morgan fingerprint density at radius 1 is 1.56 bits per heavy atom. The summed E-state index contributed by atoms with van der Waals surface area (Å²) < 4.78 is 0.969. The molecule has 0 aliphatic rings. The molecule has 0 aromatic heterocycles. The number of hydrogen-bond donors (Lipinski definition) is 3. The summed E-state index contributed by atoms with van der Waals surface area (Å²) in [5.41, 5.74) is -0.706. The van der Waals surface area contributed by atoms with Gasteiger partial charge in [-0.05, 0) is 24.6 Å². The molecule has 5 heteroatoms. The van der Waals surface area contributed by atoms with Gasteiger partial charge in [0.05, 0.1) is 0 Å². The third-order valence-electron chi connectivity index (χ3n) is 2.15. The molecule has 0 radical (unpaired) electrons. The summed E-state index contributed by atoms with van der Waals surface area (Å²) in [4.78, 5) is 10.6. The Bertz CT molecular complexity index is 379. The largest absolute Gasteiger partial charge is 0.479 e. The fourth-order valence-electron chi connectivity index (χ4n) is 1.17. The van der Waals surface area contributed by atoms with Crippen LogP contribution >= 0.6 is 15.9 Å². The summed E-state index contributed by atoms with van der Waals surface area (Å²) in [5, 5.41) is 21.0. The Kier molecular flexibility index (Phi) is 4.46. The summed E-state index contributed by atoms with van der Waals surface area (Å²) >= 11 is 3.35. The van der Waals surface area contributed by atoms with Crippen LogP contribution in [0, 0.1) is 0 Å². The van der Waals surface area contributed by atoms with Gasteiger partial charge in [0.15, 0.2) is 5.60 Å². The maximum Gasteiger partial charge on any atom is 0.336 e. The first-order chi connectivity index (χ1) is 7.42. The minimum Gasteiger partial charge on any atom is -0.479 e. The standard InChI is InChI=1S/C11H14BrNO3/c1-11(16,10(14)15)7-13-6-8-3-2-4-9(12)5-8/h2-5,13,16H,6-7H2,1H3,(H,14,15). The summed E-state index contributed by atoms with van der Waals surface area (Å²) in [5.74, 6) is -1.23. The molecule has 1 atom stereocenters. The molecule has 0 saturated carbocycles. The van der Waals surface area contributed by atoms with Gasteiger partial charge in [0, 0.05) is 17.6 Å². The molecule has 0 bridgehead atoms. The molecule has 0 heterocycles. The van der Waals surface area contributed by atoms with E-state index in [-0.39, 0.29) is 6.54 Å². The number of halogens is 1. The van der Waals surface area contributed by atoms with Crippen LogP contribution in [0.2, 0.25) is 0 Å². The molecular weight excluding hydrogens is 274 g/mol. The first kappa shape index (κ1) is 13.2. The van der Waals surface area contributed by atoms with Gasteiger partial charge in [-0.2, -0.15) is 0 Å². The van der Waals surface area contributed by atoms with Gasteiger partial charge in [0.2, 0.25) is 0 Å². The molecule has 3 N–H and O–H groups in total. The van der Waals surface area contributed by atoms with Gasteiger partial charge in [-0.25, -0.2) is 4.79 Å². The van der Waals surface area contributed by atoms with Gasteiger partial charge in [-0.3, -0.25) is 0 Å². The molecule has 0 aliphatic heterocycles. The number of aliphatic hydroxyl groups is 1. The fraction of sp³-hybridized carbons (Fsp3) is 0.364. The van der Waals surface area contributed by atoms with E-state index in [1.165, 1.54) is 6.92 Å². The second kappa shape index (κ2) is 5.43. The fourth-order valence-corrected chi connectivity index (χ4v) is 1.62. The highest BCUT2D eigenvalue weighted by Gasteiger charge is 2.28. The average molecular weight is 288 g/mol. The molecule has 16 heavy (non-hydrogen) atoms. The van der Waals surface area contributed by atoms with E-state index in [1.54, 1.807) is 0 Å². The van der Waals surface area contributed by atoms with E-state index in [9.17, 15) is 9.90 Å². The lowest BCUT2D eigenvalue weighted by Crippen LogP contribution is -2.44. The molecular formula is C11H14BrNO3. The minimum atomic E-state index is -1.73. The lowest BCUT2D eigenvalue weighted by Gasteiger charge is -2.18. The topological polar surface area (TPSA) is 69.6 Å². The van der Waals surface area contributed by atoms with Crippen molar-refractivity contribution in [2.24, 2.45) is 0 Å². The molecule has 1 unspecified atom stereocenters. The van der Waals surface area contributed by atoms with Gasteiger partial charge >= 0.3 is 5.97 Å². The number of carboxylic acid groups (broad SMARTS) is 1. The van der Waals surface area contributed by atoms with Crippen molar-refractivity contribution < 1.29 is 15.0 Å². The van der Waals surface area contributed by atoms with Crippen LogP contribution in [0.25, 0.3) is 0 Å². The third kappa shape index (κ3) is 3.92. The molecule has 1 aromatic carbocycles. The Hall–Kier alpha value is -0.910. The second-order valence-electron chi connectivity index (χ2n) is 3.81. The summed E-state index contributed by atoms with van der Waals surface area (Å²) in [6, 6.07) is 7.67. The van der Waals surface area contributed by atoms with Gasteiger partial charge in [-0.1, -0.05) is 28.1 Å². The number of carboxylic acids is 1. The van der Waals surface area contributed by atoms with Crippen LogP contribution in [0.4, 0.5) is 0 Å². The molecule has 0 spiro atoms. The van der Waals surface area contributed by atoms with Crippen molar-refractivity contribution in [3.8, 4) is 0 Å². The number of rotatable bonds is 5. The zero-order chi connectivity index (χ0) is 12.2. The van der Waals surface area contributed by atoms with Crippen molar-refractivity contribution in [3.63, 3.8) is 0 Å². The van der Waals surface area contributed by atoms with Gasteiger partial charge < -0.3 is 15.5 Å². The Morgan fingerprint density at radius 2 is 2.25 bits per heavy atom. The van der Waals surface area contributed by atoms with Crippen molar-refractivity contribution in [1.29, 1.82) is 0 Å². The van der Waals surface area contributed by atoms with E-state index >= 15 is 0 Å². The molecule has 0 aliphatic carbocycles. The minimum absolute atomic E-state index is 0.00878. The normalized spacial score (nSPS) is 14.4. The summed E-state index contributed by atoms with van der Waals surface area (Å²) in [7, 11) is 0. The van der Waals surface area contributed by atoms with Crippen LogP contribution in [0.15, 0.2) is 28.7 Å². The van der Waals surface area contributed by atoms with Crippen LogP contribution in [0.3, 0.4) is 0 Å². The number of hydrogen-bond acceptors (Lipinski definition) is 3. The highest BCUT2D eigenvalue weighted by molar-refractivity contribution is 9.10. The lowest BCUT2D eigenvalue weighted by molar-refractivity contribution is -0.156. The maximum absolute atomic E-state index is 10.6. The first-order valence-corrected chi connectivity index (χ1v) is 5.62. The van der Waals surface area contributed by atoms with E-state index in [0.29, 0.717) is 6.54 Å². The molecule has 4 nitrogen and oxygen atoms in total. The van der Waals surface area contributed by atoms with E-state index in [0.717, 1.165) is 10.0 Å². The maximum atomic E-state index is 10.6. The predicted molar refractivity (Wildman–Crippen MR) is 64.1 cm³/mol. The second-order valence-corrected chi connectivity index (χ2v) is 4.73. The highest BCUT2D eigenvalue weighted by Crippen LogP contribution is 2.11. The Morgan fingerprint density at radius 3 is 2.81 bits per heavy atom. The van der Waals surface area contributed by atoms with E-state index < -0.39 is 11.6 Å². The van der Waals surface area contributed by atoms with E-state index in [4.69, 9.17) is 5.11 Å². The summed E-state index contributed by atoms with van der Waals surface area (Å²) in [6.07, 6.45) is 0. The molecule has 0 amide bonds. The van der Waals surface area contributed by atoms with Crippen LogP contribution in [0.1, 0.15) is 12.5 Å². The van der Waals surface area contributed by atoms with Crippen molar-refractivity contribution in [2.75, 3.05) is 6.54 Å². The number of benzene rings is 1. The van der Waals surface area contributed by atoms with Crippen molar-refractivity contribution >= 4 is 21.9 Å². The summed E-state index contributed by atoms with van der Waals surface area (Å²) in [6.45, 7) is 1.79. The molecule has 1 rings (SSSR count). The molecule has 88 valence electrons. The zero-order valence-corrected chi connectivity index (χ0v) is 10.5. The Balaban J connectivity index is 2.45. The number of nitrogens with one attached hydrogen (secondary N) is 1. The first-order valence-electron chi connectivity index (χ1n) is 4.83. The van der Waals surface area contributed by atoms with Crippen LogP contribution in [-0.4, -0.2) is 28.3 Å². The molecule has 1 aromatic rings. The van der Waals surface area contributed by atoms with Gasteiger partial charge in [0.1, 0.15) is 0 Å². The average Bonchev–Trinajstić information content (AvgIpc) is 2.17. The molecule has 0 fully saturated rings. The van der Waals surface area contributed by atoms with Crippen LogP contribution < -0.4 is 5.32 Å². The van der Waals surface area contributed by atoms with Crippen LogP contribution in [-0.2, 0) is 11.3 Å². The highest BCUT2D eigenvalue weighted by atomic mass is 79.9. The van der Waals surface area contributed by atoms with E-state index in [1.807, 2.05) is 24.3 Å². The van der Waals surface area contributed by atoms with Gasteiger partial charge in [-0.15, -0.1) is 0 Å². The smallest absolute Gasteiger partial charge is 0.336 e. The van der Waals surface area contributed by atoms with Crippen molar-refractivity contribution in [1.82, 2.24) is 5.32 Å². The van der Waals surface area contributed by atoms with Crippen LogP contribution in [0.5, 0.6) is 0 Å². The quantitative estimate of drug-likeness (QED) is 0.765. The van der Waals surface area contributed by atoms with Gasteiger partial charge in [0.25, 0.3) is 0 Å². The lowest BCUT2D eigenvalue weighted by atomic mass is 10.1. The molecule has 0 saturated heterocycles. The number of aliphatic carboxylic acids is 1. The number of carbonyl (C=O) groups is 1. The SMILES string of the molecule is CC(O)(CNCc1cccc(Br)c1)C(=O)O. The Labute approximate surface area is 102 Å².